The van der Waals surface area contributed by atoms with E-state index in [1.54, 1.807) is 0 Å². The first-order chi connectivity index (χ1) is 9.84. The summed E-state index contributed by atoms with van der Waals surface area (Å²) in [6, 6.07) is 20.6. The van der Waals surface area contributed by atoms with E-state index < -0.39 is 0 Å². The number of halogens is 1. The Hall–Kier alpha value is -2.26. The van der Waals surface area contributed by atoms with Gasteiger partial charge in [-0.15, -0.1) is 12.4 Å². The highest BCUT2D eigenvalue weighted by Gasteiger charge is 2.08. The van der Waals surface area contributed by atoms with Crippen LogP contribution in [0.15, 0.2) is 66.9 Å². The number of anilines is 1. The molecule has 1 heterocycles. The molecule has 21 heavy (non-hydrogen) atoms. The number of aromatic nitrogens is 2. The monoisotopic (exact) mass is 299 g/mol. The second kappa shape index (κ2) is 6.95. The molecule has 0 saturated carbocycles. The van der Waals surface area contributed by atoms with Crippen molar-refractivity contribution in [1.29, 1.82) is 0 Å². The van der Waals surface area contributed by atoms with E-state index in [1.165, 1.54) is 5.56 Å². The van der Waals surface area contributed by atoms with Crippen LogP contribution in [-0.4, -0.2) is 9.55 Å². The summed E-state index contributed by atoms with van der Waals surface area (Å²) in [6.07, 6.45) is 2.79. The maximum Gasteiger partial charge on any atom is 0.200 e. The second-order valence-electron chi connectivity index (χ2n) is 4.75. The predicted molar refractivity (Wildman–Crippen MR) is 89.5 cm³/mol. The maximum atomic E-state index is 5.99. The van der Waals surface area contributed by atoms with Crippen LogP contribution in [0.1, 0.15) is 5.56 Å². The van der Waals surface area contributed by atoms with Crippen molar-refractivity contribution < 1.29 is 0 Å². The van der Waals surface area contributed by atoms with Gasteiger partial charge >= 0.3 is 0 Å². The zero-order chi connectivity index (χ0) is 13.8. The molecule has 0 fully saturated rings. The van der Waals surface area contributed by atoms with Gasteiger partial charge in [0.1, 0.15) is 0 Å². The molecule has 3 nitrogen and oxygen atoms in total. The minimum absolute atomic E-state index is 0. The largest absolute Gasteiger partial charge is 0.369 e. The van der Waals surface area contributed by atoms with Crippen LogP contribution in [0.25, 0.3) is 11.3 Å². The molecule has 3 rings (SSSR count). The van der Waals surface area contributed by atoms with E-state index >= 15 is 0 Å². The number of rotatable bonds is 4. The Labute approximate surface area is 130 Å². The number of benzene rings is 2. The van der Waals surface area contributed by atoms with E-state index in [2.05, 4.69) is 45.9 Å². The zero-order valence-corrected chi connectivity index (χ0v) is 12.5. The van der Waals surface area contributed by atoms with Crippen LogP contribution in [0.4, 0.5) is 5.95 Å². The fourth-order valence-corrected chi connectivity index (χ4v) is 2.35. The van der Waals surface area contributed by atoms with Crippen molar-refractivity contribution in [3.8, 4) is 11.3 Å². The summed E-state index contributed by atoms with van der Waals surface area (Å²) >= 11 is 0. The van der Waals surface area contributed by atoms with Crippen molar-refractivity contribution in [2.75, 3.05) is 5.73 Å². The molecule has 108 valence electrons. The molecular weight excluding hydrogens is 282 g/mol. The average molecular weight is 300 g/mol. The van der Waals surface area contributed by atoms with Gasteiger partial charge in [0.05, 0.1) is 11.9 Å². The molecule has 0 saturated heterocycles. The van der Waals surface area contributed by atoms with E-state index in [1.807, 2.05) is 30.5 Å². The fourth-order valence-electron chi connectivity index (χ4n) is 2.35. The molecule has 0 aliphatic carbocycles. The molecule has 0 amide bonds. The Morgan fingerprint density at radius 2 is 1.52 bits per heavy atom. The number of nitrogens with zero attached hydrogens (tertiary/aromatic N) is 2. The average Bonchev–Trinajstić information content (AvgIpc) is 2.88. The maximum absolute atomic E-state index is 5.99. The summed E-state index contributed by atoms with van der Waals surface area (Å²) in [5, 5.41) is 0. The summed E-state index contributed by atoms with van der Waals surface area (Å²) in [4.78, 5) is 4.25. The predicted octanol–water partition coefficient (Wildman–Crippen LogP) is 3.80. The van der Waals surface area contributed by atoms with Crippen molar-refractivity contribution in [3.05, 3.63) is 72.4 Å². The first-order valence-electron chi connectivity index (χ1n) is 6.75. The minimum Gasteiger partial charge on any atom is -0.369 e. The Bertz CT molecular complexity index is 678. The Morgan fingerprint density at radius 3 is 2.19 bits per heavy atom. The highest BCUT2D eigenvalue weighted by molar-refractivity contribution is 5.85. The third kappa shape index (κ3) is 3.44. The van der Waals surface area contributed by atoms with E-state index in [0.29, 0.717) is 5.95 Å². The van der Waals surface area contributed by atoms with Crippen LogP contribution in [0.3, 0.4) is 0 Å². The summed E-state index contributed by atoms with van der Waals surface area (Å²) in [5.74, 6) is 0.569. The van der Waals surface area contributed by atoms with Gasteiger partial charge in [-0.25, -0.2) is 4.98 Å². The third-order valence-corrected chi connectivity index (χ3v) is 3.42. The number of nitrogen functional groups attached to an aromatic ring is 1. The van der Waals surface area contributed by atoms with Crippen molar-refractivity contribution in [2.45, 2.75) is 13.0 Å². The molecule has 4 heteroatoms. The normalized spacial score (nSPS) is 10.1. The van der Waals surface area contributed by atoms with E-state index in [4.69, 9.17) is 5.73 Å². The molecule has 0 unspecified atom stereocenters. The number of nitrogens with two attached hydrogens (primary N) is 1. The van der Waals surface area contributed by atoms with E-state index in [9.17, 15) is 0 Å². The van der Waals surface area contributed by atoms with Crippen molar-refractivity contribution in [2.24, 2.45) is 0 Å². The number of hydrogen-bond donors (Lipinski definition) is 1. The van der Waals surface area contributed by atoms with Crippen LogP contribution in [0.2, 0.25) is 0 Å². The Balaban J connectivity index is 0.00000161. The lowest BCUT2D eigenvalue weighted by molar-refractivity contribution is 0.712. The fraction of sp³-hybridized carbons (Fsp3) is 0.118. The smallest absolute Gasteiger partial charge is 0.200 e. The van der Waals surface area contributed by atoms with Gasteiger partial charge in [-0.05, 0) is 17.5 Å². The highest BCUT2D eigenvalue weighted by atomic mass is 35.5. The summed E-state index contributed by atoms with van der Waals surface area (Å²) < 4.78 is 2.07. The van der Waals surface area contributed by atoms with Crippen LogP contribution >= 0.6 is 12.4 Å². The summed E-state index contributed by atoms with van der Waals surface area (Å²) in [6.45, 7) is 0.833. The lowest BCUT2D eigenvalue weighted by Gasteiger charge is -2.10. The van der Waals surface area contributed by atoms with Gasteiger partial charge in [-0.3, -0.25) is 0 Å². The first-order valence-corrected chi connectivity index (χ1v) is 6.75. The van der Waals surface area contributed by atoms with Crippen molar-refractivity contribution in [1.82, 2.24) is 9.55 Å². The second-order valence-corrected chi connectivity index (χ2v) is 4.75. The topological polar surface area (TPSA) is 43.8 Å². The van der Waals surface area contributed by atoms with Gasteiger partial charge in [0.25, 0.3) is 0 Å². The minimum atomic E-state index is 0. The van der Waals surface area contributed by atoms with E-state index in [-0.39, 0.29) is 12.4 Å². The molecule has 0 radical (unpaired) electrons. The molecule has 0 atom stereocenters. The van der Waals surface area contributed by atoms with Gasteiger partial charge < -0.3 is 10.3 Å². The summed E-state index contributed by atoms with van der Waals surface area (Å²) in [7, 11) is 0. The zero-order valence-electron chi connectivity index (χ0n) is 11.6. The standard InChI is InChI=1S/C17H17N3.ClH/c18-17-19-13-16(15-9-5-2-6-10-15)20(17)12-11-14-7-3-1-4-8-14;/h1-10,13H,11-12H2,(H2,18,19);1H. The number of hydrogen-bond acceptors (Lipinski definition) is 2. The number of aryl methyl sites for hydroxylation is 1. The number of imidazole rings is 1. The van der Waals surface area contributed by atoms with Gasteiger partial charge in [0.15, 0.2) is 0 Å². The third-order valence-electron chi connectivity index (χ3n) is 3.42. The van der Waals surface area contributed by atoms with Gasteiger partial charge in [0, 0.05) is 6.54 Å². The molecule has 0 spiro atoms. The molecule has 3 aromatic rings. The lowest BCUT2D eigenvalue weighted by Crippen LogP contribution is -2.07. The highest BCUT2D eigenvalue weighted by Crippen LogP contribution is 2.22. The molecule has 0 aliphatic heterocycles. The Morgan fingerprint density at radius 1 is 0.905 bits per heavy atom. The summed E-state index contributed by atoms with van der Waals surface area (Å²) in [5.41, 5.74) is 9.51. The lowest BCUT2D eigenvalue weighted by atomic mass is 10.1. The van der Waals surface area contributed by atoms with Crippen molar-refractivity contribution in [3.63, 3.8) is 0 Å². The van der Waals surface area contributed by atoms with Crippen LogP contribution in [0.5, 0.6) is 0 Å². The van der Waals surface area contributed by atoms with Gasteiger partial charge in [0.2, 0.25) is 5.95 Å². The van der Waals surface area contributed by atoms with Crippen LogP contribution in [0, 0.1) is 0 Å². The van der Waals surface area contributed by atoms with E-state index in [0.717, 1.165) is 24.2 Å². The molecule has 2 N–H and O–H groups in total. The first kappa shape index (κ1) is 15.1. The Kier molecular flexibility index (Phi) is 5.01. The van der Waals surface area contributed by atoms with Crippen molar-refractivity contribution >= 4 is 18.4 Å². The van der Waals surface area contributed by atoms with Gasteiger partial charge in [-0.1, -0.05) is 60.7 Å². The van der Waals surface area contributed by atoms with Crippen LogP contribution < -0.4 is 5.73 Å². The molecule has 1 aromatic heterocycles. The SMILES string of the molecule is Cl.Nc1ncc(-c2ccccc2)n1CCc1ccccc1. The van der Waals surface area contributed by atoms with Gasteiger partial charge in [-0.2, -0.15) is 0 Å². The quantitative estimate of drug-likeness (QED) is 0.796. The molecule has 2 aromatic carbocycles. The van der Waals surface area contributed by atoms with Crippen LogP contribution in [-0.2, 0) is 13.0 Å². The molecule has 0 aliphatic rings. The molecule has 0 bridgehead atoms. The molecular formula is C17H18ClN3.